The third kappa shape index (κ3) is 6.82. The molecule has 41 heavy (non-hydrogen) atoms. The van der Waals surface area contributed by atoms with Gasteiger partial charge in [0.2, 0.25) is 0 Å². The summed E-state index contributed by atoms with van der Waals surface area (Å²) in [6, 6.07) is 10.0. The van der Waals surface area contributed by atoms with Crippen LogP contribution in [0.2, 0.25) is 0 Å². The highest BCUT2D eigenvalue weighted by atomic mass is 19.1. The first-order valence-electron chi connectivity index (χ1n) is 13.8. The van der Waals surface area contributed by atoms with Gasteiger partial charge in [-0.2, -0.15) is 0 Å². The number of halogens is 1. The number of hydrogen-bond acceptors (Lipinski definition) is 8. The van der Waals surface area contributed by atoms with Crippen molar-refractivity contribution in [3.05, 3.63) is 83.8 Å². The minimum atomic E-state index is -0.954. The van der Waals surface area contributed by atoms with E-state index >= 15 is 0 Å². The summed E-state index contributed by atoms with van der Waals surface area (Å²) in [5.41, 5.74) is 0.532. The molecule has 0 bridgehead atoms. The quantitative estimate of drug-likeness (QED) is 0.282. The number of piperidine rings is 1. The van der Waals surface area contributed by atoms with Crippen LogP contribution >= 0.6 is 0 Å². The smallest absolute Gasteiger partial charge is 0.309 e. The van der Waals surface area contributed by atoms with Gasteiger partial charge in [-0.15, -0.1) is 0 Å². The van der Waals surface area contributed by atoms with Gasteiger partial charge in [0.15, 0.2) is 11.6 Å². The zero-order valence-electron chi connectivity index (χ0n) is 23.2. The van der Waals surface area contributed by atoms with Crippen LogP contribution in [0, 0.1) is 11.2 Å². The Kier molecular flexibility index (Phi) is 8.19. The second kappa shape index (κ2) is 12.0. The fourth-order valence-electron chi connectivity index (χ4n) is 4.99. The average molecular weight is 560 g/mol. The molecule has 1 aliphatic heterocycles. The minimum Gasteiger partial charge on any atom is -0.508 e. The maximum Gasteiger partial charge on any atom is 0.309 e. The van der Waals surface area contributed by atoms with Crippen molar-refractivity contribution < 1.29 is 24.1 Å². The number of allylic oxidation sites excluding steroid dienone is 3. The number of aliphatic hydroxyl groups excluding tert-OH is 1. The summed E-state index contributed by atoms with van der Waals surface area (Å²) in [5, 5.41) is 22.8. The van der Waals surface area contributed by atoms with Gasteiger partial charge in [0.05, 0.1) is 24.4 Å². The molecule has 3 aromatic rings. The third-order valence-electron chi connectivity index (χ3n) is 7.25. The predicted octanol–water partition coefficient (Wildman–Crippen LogP) is 6.18. The van der Waals surface area contributed by atoms with Gasteiger partial charge in [0, 0.05) is 18.5 Å². The van der Waals surface area contributed by atoms with Crippen LogP contribution in [-0.4, -0.2) is 50.3 Å². The third-order valence-corrected chi connectivity index (χ3v) is 7.25. The molecule has 1 fully saturated rings. The molecule has 3 heterocycles. The Bertz CT molecular complexity index is 1490. The summed E-state index contributed by atoms with van der Waals surface area (Å²) in [4.78, 5) is 27.2. The van der Waals surface area contributed by atoms with Crippen molar-refractivity contribution in [3.63, 3.8) is 0 Å². The van der Waals surface area contributed by atoms with Crippen LogP contribution in [0.4, 0.5) is 21.8 Å². The van der Waals surface area contributed by atoms with Crippen LogP contribution in [0.5, 0.6) is 0 Å². The van der Waals surface area contributed by atoms with Crippen LogP contribution in [0.25, 0.3) is 11.3 Å². The lowest BCUT2D eigenvalue weighted by atomic mass is 9.85. The van der Waals surface area contributed by atoms with E-state index in [1.807, 2.05) is 18.2 Å². The number of aliphatic hydroxyl groups is 1. The number of aliphatic carboxylic acids is 1. The van der Waals surface area contributed by atoms with Gasteiger partial charge in [-0.3, -0.25) is 9.78 Å². The molecule has 1 unspecified atom stereocenters. The van der Waals surface area contributed by atoms with E-state index in [0.717, 1.165) is 31.4 Å². The van der Waals surface area contributed by atoms with E-state index in [1.54, 1.807) is 44.4 Å². The number of hydrogen-bond donors (Lipinski definition) is 3. The van der Waals surface area contributed by atoms with E-state index in [4.69, 9.17) is 9.72 Å². The highest BCUT2D eigenvalue weighted by Gasteiger charge is 2.28. The van der Waals surface area contributed by atoms with E-state index in [2.05, 4.69) is 20.2 Å². The van der Waals surface area contributed by atoms with Crippen molar-refractivity contribution in [3.8, 4) is 11.3 Å². The van der Waals surface area contributed by atoms with Crippen molar-refractivity contribution >= 4 is 23.4 Å². The van der Waals surface area contributed by atoms with Gasteiger partial charge in [-0.05, 0) is 69.4 Å². The molecule has 5 rings (SSSR count). The van der Waals surface area contributed by atoms with Crippen molar-refractivity contribution in [1.29, 1.82) is 0 Å². The van der Waals surface area contributed by atoms with Crippen LogP contribution in [-0.2, 0) is 16.0 Å². The standard InChI is InChI=1S/C31H34FN5O4/c1-31(2,30(39)40)16-20-7-5-8-21(15-20)29-23(32)12-13-26(36-29)34-27-17-33-18-28(35-27)37-14-6-9-22(19-37)41-25-11-4-3-10-24(25)38/h4-5,7-8,11-13,15,17-18,22,38H,3,6,9-10,14,16,19H2,1-2H3,(H,39,40)(H,34,35,36). The first-order valence-corrected chi connectivity index (χ1v) is 13.8. The number of pyridine rings is 1. The number of anilines is 3. The summed E-state index contributed by atoms with van der Waals surface area (Å²) >= 11 is 0. The van der Waals surface area contributed by atoms with Gasteiger partial charge in [0.25, 0.3) is 0 Å². The number of carboxylic acid groups (broad SMARTS) is 1. The number of carbonyl (C=O) groups is 1. The number of rotatable bonds is 9. The van der Waals surface area contributed by atoms with E-state index in [0.29, 0.717) is 48.2 Å². The molecule has 1 aromatic carbocycles. The molecule has 9 nitrogen and oxygen atoms in total. The Balaban J connectivity index is 1.30. The van der Waals surface area contributed by atoms with Crippen LogP contribution in [0.3, 0.4) is 0 Å². The lowest BCUT2D eigenvalue weighted by Gasteiger charge is -2.34. The van der Waals surface area contributed by atoms with E-state index in [9.17, 15) is 19.4 Å². The number of aromatic nitrogens is 3. The molecular weight excluding hydrogens is 525 g/mol. The second-order valence-corrected chi connectivity index (χ2v) is 11.1. The average Bonchev–Trinajstić information content (AvgIpc) is 2.95. The molecule has 10 heteroatoms. The summed E-state index contributed by atoms with van der Waals surface area (Å²) in [6.07, 6.45) is 10.5. The van der Waals surface area contributed by atoms with Gasteiger partial charge in [-0.1, -0.05) is 24.3 Å². The first kappa shape index (κ1) is 28.1. The van der Waals surface area contributed by atoms with Gasteiger partial charge in [0.1, 0.15) is 35.0 Å². The largest absolute Gasteiger partial charge is 0.508 e. The molecule has 1 saturated heterocycles. The Labute approximate surface area is 238 Å². The Morgan fingerprint density at radius 2 is 2.05 bits per heavy atom. The van der Waals surface area contributed by atoms with Crippen LogP contribution in [0.1, 0.15) is 45.1 Å². The van der Waals surface area contributed by atoms with Crippen molar-refractivity contribution in [2.45, 2.75) is 52.1 Å². The fraction of sp³-hybridized carbons (Fsp3) is 0.355. The molecule has 0 radical (unpaired) electrons. The highest BCUT2D eigenvalue weighted by Crippen LogP contribution is 2.29. The number of ether oxygens (including phenoxy) is 1. The van der Waals surface area contributed by atoms with E-state index in [-0.39, 0.29) is 17.6 Å². The first-order chi connectivity index (χ1) is 19.7. The zero-order chi connectivity index (χ0) is 29.0. The monoisotopic (exact) mass is 559 g/mol. The molecular formula is C31H34FN5O4. The van der Waals surface area contributed by atoms with Crippen molar-refractivity contribution in [2.75, 3.05) is 23.3 Å². The molecule has 1 aliphatic carbocycles. The maximum absolute atomic E-state index is 14.9. The summed E-state index contributed by atoms with van der Waals surface area (Å²) in [5.74, 6) is 0.984. The predicted molar refractivity (Wildman–Crippen MR) is 154 cm³/mol. The van der Waals surface area contributed by atoms with Gasteiger partial charge in [-0.25, -0.2) is 14.4 Å². The molecule has 0 amide bonds. The maximum atomic E-state index is 14.9. The van der Waals surface area contributed by atoms with Gasteiger partial charge < -0.3 is 25.2 Å². The molecule has 214 valence electrons. The summed E-state index contributed by atoms with van der Waals surface area (Å²) in [6.45, 7) is 4.73. The fourth-order valence-corrected chi connectivity index (χ4v) is 4.99. The number of nitrogens with one attached hydrogen (secondary N) is 1. The van der Waals surface area contributed by atoms with E-state index < -0.39 is 17.2 Å². The highest BCUT2D eigenvalue weighted by molar-refractivity contribution is 5.74. The number of benzene rings is 1. The normalized spacial score (nSPS) is 17.4. The van der Waals surface area contributed by atoms with E-state index in [1.165, 1.54) is 12.1 Å². The lowest BCUT2D eigenvalue weighted by molar-refractivity contribution is -0.146. The Hall–Kier alpha value is -4.47. The zero-order valence-corrected chi connectivity index (χ0v) is 23.2. The Morgan fingerprint density at radius 1 is 1.20 bits per heavy atom. The van der Waals surface area contributed by atoms with Gasteiger partial charge >= 0.3 is 5.97 Å². The Morgan fingerprint density at radius 3 is 2.85 bits per heavy atom. The summed E-state index contributed by atoms with van der Waals surface area (Å²) < 4.78 is 21.0. The molecule has 0 spiro atoms. The van der Waals surface area contributed by atoms with Crippen LogP contribution in [0.15, 0.2) is 72.5 Å². The van der Waals surface area contributed by atoms with Crippen molar-refractivity contribution in [1.82, 2.24) is 15.0 Å². The lowest BCUT2D eigenvalue weighted by Crippen LogP contribution is -2.40. The van der Waals surface area contributed by atoms with Crippen molar-refractivity contribution in [2.24, 2.45) is 5.41 Å². The number of nitrogens with zero attached hydrogens (tertiary/aromatic N) is 4. The molecule has 1 atom stereocenters. The molecule has 3 N–H and O–H groups in total. The molecule has 2 aromatic heterocycles. The number of carboxylic acids is 1. The molecule has 0 saturated carbocycles. The topological polar surface area (TPSA) is 121 Å². The van der Waals surface area contributed by atoms with Crippen LogP contribution < -0.4 is 10.2 Å². The second-order valence-electron chi connectivity index (χ2n) is 11.1. The molecule has 2 aliphatic rings. The minimum absolute atomic E-state index is 0.0831. The summed E-state index contributed by atoms with van der Waals surface area (Å²) in [7, 11) is 0. The SMILES string of the molecule is CC(C)(Cc1cccc(-c2nc(Nc3cncc(N4CCCC(OC5=C(O)CCC=C5)C4)n3)ccc2F)c1)C(=O)O.